The molecular weight excluding hydrogens is 236 g/mol. The van der Waals surface area contributed by atoms with Crippen LogP contribution in [0.2, 0.25) is 0 Å². The fourth-order valence-corrected chi connectivity index (χ4v) is 2.15. The minimum Gasteiger partial charge on any atom is -0.367 e. The van der Waals surface area contributed by atoms with Gasteiger partial charge in [-0.3, -0.25) is 0 Å². The monoisotopic (exact) mass is 274 g/mol. The van der Waals surface area contributed by atoms with Gasteiger partial charge in [0.2, 0.25) is 0 Å². The van der Waals surface area contributed by atoms with E-state index in [1.54, 1.807) is 0 Å². The molecule has 0 aromatic carbocycles. The van der Waals surface area contributed by atoms with E-state index >= 15 is 0 Å². The Kier molecular flexibility index (Phi) is 11.9. The summed E-state index contributed by atoms with van der Waals surface area (Å²) >= 11 is 0. The Balaban J connectivity index is 0. The molecular formula is C17H38O2. The molecule has 0 saturated heterocycles. The van der Waals surface area contributed by atoms with Crippen molar-refractivity contribution >= 4 is 0 Å². The summed E-state index contributed by atoms with van der Waals surface area (Å²) in [4.78, 5) is 0. The highest BCUT2D eigenvalue weighted by molar-refractivity contribution is 4.86. The van der Waals surface area contributed by atoms with Crippen molar-refractivity contribution in [2.45, 2.75) is 106 Å². The summed E-state index contributed by atoms with van der Waals surface area (Å²) < 4.78 is 5.96. The van der Waals surface area contributed by atoms with Gasteiger partial charge in [0.05, 0.1) is 5.60 Å². The van der Waals surface area contributed by atoms with E-state index in [1.807, 2.05) is 27.7 Å². The van der Waals surface area contributed by atoms with Crippen LogP contribution in [0.3, 0.4) is 0 Å². The van der Waals surface area contributed by atoms with E-state index in [4.69, 9.17) is 4.74 Å². The first-order chi connectivity index (χ1) is 8.96. The van der Waals surface area contributed by atoms with Gasteiger partial charge in [0.1, 0.15) is 0 Å². The second kappa shape index (κ2) is 10.7. The molecule has 0 radical (unpaired) electrons. The van der Waals surface area contributed by atoms with Crippen molar-refractivity contribution in [3.05, 3.63) is 0 Å². The lowest BCUT2D eigenvalue weighted by Crippen LogP contribution is -2.40. The van der Waals surface area contributed by atoms with Crippen LogP contribution in [0, 0.1) is 5.41 Å². The van der Waals surface area contributed by atoms with Gasteiger partial charge in [-0.2, -0.15) is 0 Å². The molecule has 1 fully saturated rings. The van der Waals surface area contributed by atoms with Gasteiger partial charge in [0.15, 0.2) is 6.29 Å². The van der Waals surface area contributed by atoms with E-state index in [0.717, 1.165) is 25.7 Å². The maximum absolute atomic E-state index is 10.1. The number of hydrogen-bond donors (Lipinski definition) is 1. The smallest absolute Gasteiger partial charge is 0.160 e. The van der Waals surface area contributed by atoms with Gasteiger partial charge in [-0.1, -0.05) is 68.2 Å². The van der Waals surface area contributed by atoms with Crippen LogP contribution in [0.4, 0.5) is 0 Å². The first kappa shape index (κ1) is 21.2. The largest absolute Gasteiger partial charge is 0.367 e. The highest BCUT2D eigenvalue weighted by atomic mass is 16.6. The Morgan fingerprint density at radius 1 is 1.05 bits per heavy atom. The van der Waals surface area contributed by atoms with Crippen LogP contribution >= 0.6 is 0 Å². The molecule has 1 aliphatic rings. The zero-order valence-corrected chi connectivity index (χ0v) is 14.7. The van der Waals surface area contributed by atoms with E-state index in [-0.39, 0.29) is 11.0 Å². The molecule has 0 aromatic rings. The predicted molar refractivity (Wildman–Crippen MR) is 85.3 cm³/mol. The molecule has 0 heterocycles. The Hall–Kier alpha value is -0.0800. The number of aliphatic hydroxyl groups excluding tert-OH is 1. The van der Waals surface area contributed by atoms with Crippen LogP contribution < -0.4 is 0 Å². The summed E-state index contributed by atoms with van der Waals surface area (Å²) in [5, 5.41) is 10.1. The van der Waals surface area contributed by atoms with Crippen molar-refractivity contribution in [1.82, 2.24) is 0 Å². The zero-order chi connectivity index (χ0) is 15.5. The van der Waals surface area contributed by atoms with E-state index in [0.29, 0.717) is 0 Å². The second-order valence-electron chi connectivity index (χ2n) is 5.56. The van der Waals surface area contributed by atoms with Crippen molar-refractivity contribution in [1.29, 1.82) is 0 Å². The van der Waals surface area contributed by atoms with Crippen LogP contribution in [0.5, 0.6) is 0 Å². The fourth-order valence-electron chi connectivity index (χ4n) is 2.15. The van der Waals surface area contributed by atoms with Gasteiger partial charge >= 0.3 is 0 Å². The maximum Gasteiger partial charge on any atom is 0.160 e. The molecule has 1 aliphatic carbocycles. The van der Waals surface area contributed by atoms with Crippen LogP contribution in [-0.4, -0.2) is 17.0 Å². The molecule has 1 N–H and O–H groups in total. The second-order valence-corrected chi connectivity index (χ2v) is 5.56. The Labute approximate surface area is 121 Å². The number of rotatable bonds is 5. The number of ether oxygens (including phenoxy) is 1. The molecule has 1 saturated carbocycles. The zero-order valence-electron chi connectivity index (χ0n) is 14.7. The van der Waals surface area contributed by atoms with Crippen LogP contribution in [0.15, 0.2) is 0 Å². The molecule has 0 bridgehead atoms. The van der Waals surface area contributed by atoms with E-state index in [9.17, 15) is 5.11 Å². The summed E-state index contributed by atoms with van der Waals surface area (Å²) in [5.41, 5.74) is -0.170. The van der Waals surface area contributed by atoms with Crippen molar-refractivity contribution < 1.29 is 9.84 Å². The van der Waals surface area contributed by atoms with Crippen molar-refractivity contribution in [2.24, 2.45) is 5.41 Å². The SMILES string of the molecule is CC.CC.CCC1(OC(O)C(C)(C)CC)CCCC1. The predicted octanol–water partition coefficient (Wildman–Crippen LogP) is 5.53. The third-order valence-corrected chi connectivity index (χ3v) is 4.10. The lowest BCUT2D eigenvalue weighted by Gasteiger charge is -2.37. The van der Waals surface area contributed by atoms with Gasteiger partial charge in [-0.05, 0) is 25.7 Å². The normalized spacial score (nSPS) is 18.8. The molecule has 19 heavy (non-hydrogen) atoms. The van der Waals surface area contributed by atoms with Gasteiger partial charge < -0.3 is 9.84 Å². The van der Waals surface area contributed by atoms with Gasteiger partial charge in [0, 0.05) is 5.41 Å². The Bertz CT molecular complexity index is 193. The van der Waals surface area contributed by atoms with Crippen molar-refractivity contribution in [3.63, 3.8) is 0 Å². The molecule has 1 atom stereocenters. The quantitative estimate of drug-likeness (QED) is 0.668. The lowest BCUT2D eigenvalue weighted by molar-refractivity contribution is -0.230. The average Bonchev–Trinajstić information content (AvgIpc) is 2.92. The Morgan fingerprint density at radius 3 is 1.79 bits per heavy atom. The summed E-state index contributed by atoms with van der Waals surface area (Å²) in [6.45, 7) is 16.4. The molecule has 2 heteroatoms. The van der Waals surface area contributed by atoms with Crippen molar-refractivity contribution in [2.75, 3.05) is 0 Å². The first-order valence-corrected chi connectivity index (χ1v) is 8.32. The summed E-state index contributed by atoms with van der Waals surface area (Å²) in [7, 11) is 0. The minimum atomic E-state index is -0.624. The first-order valence-electron chi connectivity index (χ1n) is 8.32. The summed E-state index contributed by atoms with van der Waals surface area (Å²) in [6, 6.07) is 0. The average molecular weight is 274 g/mol. The third kappa shape index (κ3) is 6.76. The highest BCUT2D eigenvalue weighted by Crippen LogP contribution is 2.39. The summed E-state index contributed by atoms with van der Waals surface area (Å²) in [5.74, 6) is 0. The lowest BCUT2D eigenvalue weighted by atomic mass is 9.88. The molecule has 0 aliphatic heterocycles. The van der Waals surface area contributed by atoms with Crippen LogP contribution in [-0.2, 0) is 4.74 Å². The molecule has 1 rings (SSSR count). The molecule has 0 spiro atoms. The van der Waals surface area contributed by atoms with E-state index < -0.39 is 6.29 Å². The molecule has 2 nitrogen and oxygen atoms in total. The van der Waals surface area contributed by atoms with Gasteiger partial charge in [0.25, 0.3) is 0 Å². The number of hydrogen-bond acceptors (Lipinski definition) is 2. The molecule has 0 amide bonds. The molecule has 118 valence electrons. The van der Waals surface area contributed by atoms with Crippen LogP contribution in [0.1, 0.15) is 93.9 Å². The standard InChI is InChI=1S/C13H26O2.2C2H6/c1-5-12(3,4)11(14)15-13(6-2)9-7-8-10-13;2*1-2/h11,14H,5-10H2,1-4H3;2*1-2H3. The summed E-state index contributed by atoms with van der Waals surface area (Å²) in [6.07, 6.45) is 6.04. The van der Waals surface area contributed by atoms with Gasteiger partial charge in [-0.25, -0.2) is 0 Å². The molecule has 1 unspecified atom stereocenters. The maximum atomic E-state index is 10.1. The van der Waals surface area contributed by atoms with E-state index in [1.165, 1.54) is 12.8 Å². The number of aliphatic hydroxyl groups is 1. The molecule has 0 aromatic heterocycles. The fraction of sp³-hybridized carbons (Fsp3) is 1.00. The topological polar surface area (TPSA) is 29.5 Å². The van der Waals surface area contributed by atoms with Crippen molar-refractivity contribution in [3.8, 4) is 0 Å². The van der Waals surface area contributed by atoms with E-state index in [2.05, 4.69) is 27.7 Å². The van der Waals surface area contributed by atoms with Crippen LogP contribution in [0.25, 0.3) is 0 Å². The third-order valence-electron chi connectivity index (χ3n) is 4.10. The Morgan fingerprint density at radius 2 is 1.47 bits per heavy atom. The van der Waals surface area contributed by atoms with Gasteiger partial charge in [-0.15, -0.1) is 0 Å². The highest BCUT2D eigenvalue weighted by Gasteiger charge is 2.38. The minimum absolute atomic E-state index is 0.0359.